The highest BCUT2D eigenvalue weighted by Gasteiger charge is 2.20. The lowest BCUT2D eigenvalue weighted by atomic mass is 10.0. The Kier molecular flexibility index (Phi) is 4.86. The Morgan fingerprint density at radius 3 is 2.76 bits per heavy atom. The maximum atomic E-state index is 5.88. The molecule has 2 N–H and O–H groups in total. The molecular formula is C23H21N5O. The highest BCUT2D eigenvalue weighted by Crippen LogP contribution is 2.29. The fourth-order valence-corrected chi connectivity index (χ4v) is 3.61. The van der Waals surface area contributed by atoms with E-state index in [-0.39, 0.29) is 6.10 Å². The summed E-state index contributed by atoms with van der Waals surface area (Å²) < 4.78 is 5.88. The summed E-state index contributed by atoms with van der Waals surface area (Å²) in [5.74, 6) is 0.541. The van der Waals surface area contributed by atoms with Gasteiger partial charge in [-0.1, -0.05) is 48.5 Å². The molecular weight excluding hydrogens is 362 g/mol. The molecule has 0 amide bonds. The molecule has 6 heteroatoms. The van der Waals surface area contributed by atoms with Crippen LogP contribution in [0.1, 0.15) is 11.8 Å². The van der Waals surface area contributed by atoms with Crippen molar-refractivity contribution >= 4 is 22.5 Å². The van der Waals surface area contributed by atoms with Crippen molar-refractivity contribution in [1.29, 1.82) is 0 Å². The molecule has 3 heterocycles. The van der Waals surface area contributed by atoms with Crippen LogP contribution in [0, 0.1) is 0 Å². The monoisotopic (exact) mass is 383 g/mol. The number of hydrogen-bond donors (Lipinski definition) is 2. The Morgan fingerprint density at radius 2 is 1.90 bits per heavy atom. The molecule has 0 bridgehead atoms. The standard InChI is InChI=1S/C23H21N5O/c1-2-6-16(7-3-1)18-9-4-8-17-14-26-23(28-21(17)18)27-19-10-5-11-25-22(19)20-15-24-12-13-29-20/h1-11,14,20,24H,12-13,15H2,(H,26,27,28). The quantitative estimate of drug-likeness (QED) is 0.553. The van der Waals surface area contributed by atoms with Gasteiger partial charge in [-0.3, -0.25) is 4.98 Å². The van der Waals surface area contributed by atoms with Crippen LogP contribution in [0.4, 0.5) is 11.6 Å². The second kappa shape index (κ2) is 7.95. The van der Waals surface area contributed by atoms with Gasteiger partial charge in [0.25, 0.3) is 0 Å². The molecule has 5 rings (SSSR count). The van der Waals surface area contributed by atoms with Gasteiger partial charge < -0.3 is 15.4 Å². The number of morpholine rings is 1. The van der Waals surface area contributed by atoms with Gasteiger partial charge in [0.05, 0.1) is 23.5 Å². The van der Waals surface area contributed by atoms with Crippen LogP contribution in [0.2, 0.25) is 0 Å². The highest BCUT2D eigenvalue weighted by molar-refractivity contribution is 5.93. The van der Waals surface area contributed by atoms with Crippen LogP contribution in [0.3, 0.4) is 0 Å². The summed E-state index contributed by atoms with van der Waals surface area (Å²) in [5, 5.41) is 7.70. The van der Waals surface area contributed by atoms with E-state index < -0.39 is 0 Å². The lowest BCUT2D eigenvalue weighted by Gasteiger charge is -2.24. The SMILES string of the molecule is c1ccc(-c2cccc3cnc(Nc4cccnc4C4CNCCO4)nc23)cc1. The van der Waals surface area contributed by atoms with E-state index in [1.165, 1.54) is 0 Å². The van der Waals surface area contributed by atoms with Crippen molar-refractivity contribution in [3.05, 3.63) is 78.8 Å². The first-order chi connectivity index (χ1) is 14.4. The maximum absolute atomic E-state index is 5.88. The van der Waals surface area contributed by atoms with Gasteiger partial charge in [-0.25, -0.2) is 9.97 Å². The molecule has 144 valence electrons. The van der Waals surface area contributed by atoms with E-state index in [0.717, 1.165) is 46.5 Å². The fourth-order valence-electron chi connectivity index (χ4n) is 3.61. The van der Waals surface area contributed by atoms with Gasteiger partial charge in [0.15, 0.2) is 0 Å². The average molecular weight is 383 g/mol. The van der Waals surface area contributed by atoms with E-state index in [4.69, 9.17) is 9.72 Å². The number of anilines is 2. The van der Waals surface area contributed by atoms with Crippen molar-refractivity contribution in [2.24, 2.45) is 0 Å². The molecule has 0 saturated carbocycles. The minimum absolute atomic E-state index is 0.0900. The van der Waals surface area contributed by atoms with Gasteiger partial charge in [-0.2, -0.15) is 0 Å². The first-order valence-electron chi connectivity index (χ1n) is 9.74. The Morgan fingerprint density at radius 1 is 0.966 bits per heavy atom. The second-order valence-electron chi connectivity index (χ2n) is 6.93. The Labute approximate surface area is 169 Å². The molecule has 6 nitrogen and oxygen atoms in total. The number of hydrogen-bond acceptors (Lipinski definition) is 6. The minimum Gasteiger partial charge on any atom is -0.369 e. The van der Waals surface area contributed by atoms with Crippen molar-refractivity contribution in [1.82, 2.24) is 20.3 Å². The topological polar surface area (TPSA) is 72.0 Å². The van der Waals surface area contributed by atoms with Gasteiger partial charge in [-0.15, -0.1) is 0 Å². The zero-order valence-corrected chi connectivity index (χ0v) is 15.9. The molecule has 1 saturated heterocycles. The van der Waals surface area contributed by atoms with E-state index in [0.29, 0.717) is 12.6 Å². The summed E-state index contributed by atoms with van der Waals surface area (Å²) in [5.41, 5.74) is 4.85. The Balaban J connectivity index is 1.52. The summed E-state index contributed by atoms with van der Waals surface area (Å²) in [6.07, 6.45) is 3.55. The third-order valence-corrected chi connectivity index (χ3v) is 5.01. The van der Waals surface area contributed by atoms with Crippen LogP contribution in [-0.2, 0) is 4.74 Å². The van der Waals surface area contributed by atoms with Gasteiger partial charge >= 0.3 is 0 Å². The van der Waals surface area contributed by atoms with Crippen LogP contribution in [-0.4, -0.2) is 34.6 Å². The van der Waals surface area contributed by atoms with Gasteiger partial charge in [0.2, 0.25) is 5.95 Å². The highest BCUT2D eigenvalue weighted by atomic mass is 16.5. The summed E-state index contributed by atoms with van der Waals surface area (Å²) in [4.78, 5) is 13.9. The molecule has 29 heavy (non-hydrogen) atoms. The smallest absolute Gasteiger partial charge is 0.227 e. The number of rotatable bonds is 4. The lowest BCUT2D eigenvalue weighted by Crippen LogP contribution is -2.34. The number of nitrogens with one attached hydrogen (secondary N) is 2. The van der Waals surface area contributed by atoms with Crippen molar-refractivity contribution in [2.75, 3.05) is 25.0 Å². The van der Waals surface area contributed by atoms with Gasteiger partial charge in [-0.05, 0) is 17.7 Å². The predicted molar refractivity (Wildman–Crippen MR) is 114 cm³/mol. The summed E-state index contributed by atoms with van der Waals surface area (Å²) in [6.45, 7) is 2.28. The zero-order chi connectivity index (χ0) is 19.5. The number of benzene rings is 2. The second-order valence-corrected chi connectivity index (χ2v) is 6.93. The molecule has 4 aromatic rings. The number of para-hydroxylation sites is 1. The first kappa shape index (κ1) is 17.7. The normalized spacial score (nSPS) is 16.6. The number of nitrogens with zero attached hydrogens (tertiary/aromatic N) is 3. The van der Waals surface area contributed by atoms with Crippen molar-refractivity contribution < 1.29 is 4.74 Å². The summed E-state index contributed by atoms with van der Waals surface area (Å²) in [7, 11) is 0. The summed E-state index contributed by atoms with van der Waals surface area (Å²) in [6, 6.07) is 20.3. The van der Waals surface area contributed by atoms with Crippen molar-refractivity contribution in [3.63, 3.8) is 0 Å². The number of fused-ring (bicyclic) bond motifs is 1. The molecule has 0 radical (unpaired) electrons. The minimum atomic E-state index is -0.0900. The molecule has 2 aromatic heterocycles. The van der Waals surface area contributed by atoms with Crippen molar-refractivity contribution in [3.8, 4) is 11.1 Å². The van der Waals surface area contributed by atoms with Crippen LogP contribution in [0.25, 0.3) is 22.0 Å². The molecule has 0 spiro atoms. The largest absolute Gasteiger partial charge is 0.369 e. The lowest BCUT2D eigenvalue weighted by molar-refractivity contribution is 0.0255. The Hall–Kier alpha value is -3.35. The van der Waals surface area contributed by atoms with E-state index in [1.807, 2.05) is 48.7 Å². The van der Waals surface area contributed by atoms with E-state index in [9.17, 15) is 0 Å². The van der Waals surface area contributed by atoms with E-state index in [2.05, 4.69) is 38.8 Å². The molecule has 1 aliphatic rings. The summed E-state index contributed by atoms with van der Waals surface area (Å²) >= 11 is 0. The molecule has 1 aliphatic heterocycles. The molecule has 2 aromatic carbocycles. The molecule has 1 unspecified atom stereocenters. The van der Waals surface area contributed by atoms with Gasteiger partial charge in [0, 0.05) is 36.4 Å². The van der Waals surface area contributed by atoms with Crippen LogP contribution in [0.15, 0.2) is 73.1 Å². The van der Waals surface area contributed by atoms with Crippen LogP contribution >= 0.6 is 0 Å². The van der Waals surface area contributed by atoms with Crippen LogP contribution < -0.4 is 10.6 Å². The third-order valence-electron chi connectivity index (χ3n) is 5.01. The van der Waals surface area contributed by atoms with Gasteiger partial charge in [0.1, 0.15) is 6.10 Å². The predicted octanol–water partition coefficient (Wildman–Crippen LogP) is 4.10. The van der Waals surface area contributed by atoms with E-state index in [1.54, 1.807) is 6.20 Å². The van der Waals surface area contributed by atoms with Crippen molar-refractivity contribution in [2.45, 2.75) is 6.10 Å². The fraction of sp³-hybridized carbons (Fsp3) is 0.174. The number of ether oxygens (including phenoxy) is 1. The van der Waals surface area contributed by atoms with Crippen LogP contribution in [0.5, 0.6) is 0 Å². The number of aromatic nitrogens is 3. The average Bonchev–Trinajstić information content (AvgIpc) is 2.80. The third kappa shape index (κ3) is 3.68. The maximum Gasteiger partial charge on any atom is 0.227 e. The first-order valence-corrected chi connectivity index (χ1v) is 9.74. The molecule has 1 fully saturated rings. The Bertz CT molecular complexity index is 1130. The molecule has 1 atom stereocenters. The zero-order valence-electron chi connectivity index (χ0n) is 15.9. The molecule has 0 aliphatic carbocycles. The van der Waals surface area contributed by atoms with E-state index >= 15 is 0 Å². The number of pyridine rings is 1.